The van der Waals surface area contributed by atoms with E-state index in [4.69, 9.17) is 0 Å². The second-order valence-corrected chi connectivity index (χ2v) is 11.7. The maximum atomic E-state index is 4.05. The number of nitrogens with zero attached hydrogens (tertiary/aromatic N) is 2. The molecular weight excluding hydrogens is 274 g/mol. The van der Waals surface area contributed by atoms with Crippen LogP contribution in [-0.2, 0) is 13.1 Å². The number of benzene rings is 1. The molecule has 4 heteroatoms. The van der Waals surface area contributed by atoms with Crippen LogP contribution in [0.3, 0.4) is 0 Å². The third kappa shape index (κ3) is 5.48. The quantitative estimate of drug-likeness (QED) is 0.600. The van der Waals surface area contributed by atoms with Gasteiger partial charge in [-0.15, -0.1) is 0 Å². The van der Waals surface area contributed by atoms with Crippen molar-refractivity contribution in [2.75, 3.05) is 6.54 Å². The molecule has 0 atom stereocenters. The number of aryl methyl sites for hydroxylation is 1. The molecule has 0 amide bonds. The van der Waals surface area contributed by atoms with Gasteiger partial charge in [-0.25, -0.2) is 4.98 Å². The van der Waals surface area contributed by atoms with Crippen LogP contribution in [0.4, 0.5) is 0 Å². The average molecular weight is 302 g/mol. The summed E-state index contributed by atoms with van der Waals surface area (Å²) in [6.45, 7) is 10.3. The Labute approximate surface area is 129 Å². The van der Waals surface area contributed by atoms with E-state index >= 15 is 0 Å². The van der Waals surface area contributed by atoms with Crippen LogP contribution in [0.25, 0.3) is 0 Å². The topological polar surface area (TPSA) is 29.9 Å². The second-order valence-electron chi connectivity index (χ2n) is 6.63. The van der Waals surface area contributed by atoms with E-state index in [1.807, 2.05) is 18.7 Å². The molecule has 0 aliphatic rings. The van der Waals surface area contributed by atoms with Crippen LogP contribution in [0.15, 0.2) is 43.0 Å². The first-order valence-corrected chi connectivity index (χ1v) is 11.3. The van der Waals surface area contributed by atoms with E-state index in [1.165, 1.54) is 23.6 Å². The molecule has 2 rings (SSSR count). The van der Waals surface area contributed by atoms with Crippen molar-refractivity contribution in [2.45, 2.75) is 45.6 Å². The van der Waals surface area contributed by atoms with Crippen LogP contribution >= 0.6 is 0 Å². The molecule has 0 saturated heterocycles. The molecular formula is C17H27N3Si. The molecule has 0 aliphatic heterocycles. The van der Waals surface area contributed by atoms with Crippen LogP contribution in [-0.4, -0.2) is 24.2 Å². The van der Waals surface area contributed by atoms with E-state index in [0.717, 1.165) is 19.6 Å². The van der Waals surface area contributed by atoms with Gasteiger partial charge in [-0.2, -0.15) is 0 Å². The maximum absolute atomic E-state index is 4.05. The summed E-state index contributed by atoms with van der Waals surface area (Å²) in [7, 11) is -1.16. The first-order chi connectivity index (χ1) is 10.1. The fourth-order valence-corrected chi connectivity index (χ4v) is 3.49. The van der Waals surface area contributed by atoms with Crippen molar-refractivity contribution in [1.82, 2.24) is 14.9 Å². The molecule has 1 heterocycles. The number of nitrogens with one attached hydrogen (secondary N) is 1. The predicted octanol–water partition coefficient (Wildman–Crippen LogP) is 3.00. The number of rotatable bonds is 8. The van der Waals surface area contributed by atoms with Gasteiger partial charge >= 0.3 is 0 Å². The van der Waals surface area contributed by atoms with E-state index in [0.29, 0.717) is 0 Å². The predicted molar refractivity (Wildman–Crippen MR) is 92.6 cm³/mol. The molecule has 3 nitrogen and oxygen atoms in total. The Morgan fingerprint density at radius 3 is 2.48 bits per heavy atom. The van der Waals surface area contributed by atoms with Crippen molar-refractivity contribution in [3.63, 3.8) is 0 Å². The summed E-state index contributed by atoms with van der Waals surface area (Å²) in [6, 6.07) is 9.16. The molecule has 0 spiro atoms. The Morgan fingerprint density at radius 2 is 1.86 bits per heavy atom. The monoisotopic (exact) mass is 301 g/mol. The van der Waals surface area contributed by atoms with E-state index < -0.39 is 8.07 Å². The van der Waals surface area contributed by atoms with Crippen LogP contribution < -0.4 is 10.5 Å². The van der Waals surface area contributed by atoms with E-state index in [1.54, 1.807) is 0 Å². The van der Waals surface area contributed by atoms with Gasteiger partial charge in [-0.3, -0.25) is 0 Å². The summed E-state index contributed by atoms with van der Waals surface area (Å²) in [5, 5.41) is 5.06. The second kappa shape index (κ2) is 7.57. The maximum Gasteiger partial charge on any atom is 0.0945 e. The number of unbranched alkanes of at least 4 members (excludes halogenated alkanes) is 1. The van der Waals surface area contributed by atoms with Gasteiger partial charge in [-0.1, -0.05) is 49.1 Å². The molecule has 0 radical (unpaired) electrons. The van der Waals surface area contributed by atoms with Gasteiger partial charge in [0.05, 0.1) is 14.4 Å². The van der Waals surface area contributed by atoms with Crippen LogP contribution in [0.2, 0.25) is 19.6 Å². The molecule has 0 aliphatic carbocycles. The number of hydrogen-bond acceptors (Lipinski definition) is 2. The minimum atomic E-state index is -1.16. The third-order valence-electron chi connectivity index (χ3n) is 3.73. The molecule has 1 aromatic carbocycles. The summed E-state index contributed by atoms with van der Waals surface area (Å²) in [4.78, 5) is 4.05. The Balaban J connectivity index is 1.62. The summed E-state index contributed by atoms with van der Waals surface area (Å²) in [5.74, 6) is 0. The lowest BCUT2D eigenvalue weighted by Gasteiger charge is -2.16. The zero-order chi connectivity index (χ0) is 15.1. The largest absolute Gasteiger partial charge is 0.337 e. The average Bonchev–Trinajstić information content (AvgIpc) is 2.95. The van der Waals surface area contributed by atoms with Crippen molar-refractivity contribution in [2.24, 2.45) is 0 Å². The van der Waals surface area contributed by atoms with Crippen molar-refractivity contribution in [3.05, 3.63) is 48.5 Å². The van der Waals surface area contributed by atoms with Crippen LogP contribution in [0.1, 0.15) is 18.4 Å². The van der Waals surface area contributed by atoms with E-state index in [9.17, 15) is 0 Å². The highest BCUT2D eigenvalue weighted by Crippen LogP contribution is 2.04. The third-order valence-corrected chi connectivity index (χ3v) is 5.79. The normalized spacial score (nSPS) is 11.8. The van der Waals surface area contributed by atoms with Gasteiger partial charge in [0, 0.05) is 25.5 Å². The SMILES string of the molecule is C[Si](C)(C)c1ccc(CNCCCCn2ccnc2)cc1. The smallest absolute Gasteiger partial charge is 0.0945 e. The molecule has 114 valence electrons. The molecule has 21 heavy (non-hydrogen) atoms. The Bertz CT molecular complexity index is 512. The zero-order valence-corrected chi connectivity index (χ0v) is 14.5. The van der Waals surface area contributed by atoms with Crippen molar-refractivity contribution in [3.8, 4) is 0 Å². The zero-order valence-electron chi connectivity index (χ0n) is 13.5. The van der Waals surface area contributed by atoms with Crippen molar-refractivity contribution < 1.29 is 0 Å². The van der Waals surface area contributed by atoms with E-state index in [-0.39, 0.29) is 0 Å². The van der Waals surface area contributed by atoms with Gasteiger partial charge in [0.2, 0.25) is 0 Å². The summed E-state index contributed by atoms with van der Waals surface area (Å²) in [6.07, 6.45) is 8.13. The Hall–Kier alpha value is -1.39. The van der Waals surface area contributed by atoms with Gasteiger partial charge in [0.15, 0.2) is 0 Å². The molecule has 2 aromatic rings. The minimum Gasteiger partial charge on any atom is -0.337 e. The van der Waals surface area contributed by atoms with Crippen molar-refractivity contribution >= 4 is 13.3 Å². The first-order valence-electron chi connectivity index (χ1n) is 7.81. The molecule has 0 unspecified atom stereocenters. The van der Waals surface area contributed by atoms with Crippen molar-refractivity contribution in [1.29, 1.82) is 0 Å². The Morgan fingerprint density at radius 1 is 1.10 bits per heavy atom. The highest BCUT2D eigenvalue weighted by molar-refractivity contribution is 6.88. The lowest BCUT2D eigenvalue weighted by Crippen LogP contribution is -2.37. The van der Waals surface area contributed by atoms with Gasteiger partial charge < -0.3 is 9.88 Å². The fraction of sp³-hybridized carbons (Fsp3) is 0.471. The molecule has 1 aromatic heterocycles. The highest BCUT2D eigenvalue weighted by atomic mass is 28.3. The lowest BCUT2D eigenvalue weighted by molar-refractivity contribution is 0.568. The minimum absolute atomic E-state index is 0.969. The number of imidazole rings is 1. The summed E-state index contributed by atoms with van der Waals surface area (Å²) < 4.78 is 2.13. The fourth-order valence-electron chi connectivity index (χ4n) is 2.32. The van der Waals surface area contributed by atoms with Crippen LogP contribution in [0, 0.1) is 0 Å². The first kappa shape index (κ1) is 16.0. The van der Waals surface area contributed by atoms with Gasteiger partial charge in [-0.05, 0) is 24.9 Å². The number of aromatic nitrogens is 2. The summed E-state index contributed by atoms with van der Waals surface area (Å²) in [5.41, 5.74) is 1.38. The molecule has 0 saturated carbocycles. The lowest BCUT2D eigenvalue weighted by atomic mass is 10.2. The van der Waals surface area contributed by atoms with E-state index in [2.05, 4.69) is 58.8 Å². The molecule has 1 N–H and O–H groups in total. The molecule has 0 bridgehead atoms. The van der Waals surface area contributed by atoms with Gasteiger partial charge in [0.25, 0.3) is 0 Å². The molecule has 0 fully saturated rings. The highest BCUT2D eigenvalue weighted by Gasteiger charge is 2.15. The van der Waals surface area contributed by atoms with Gasteiger partial charge in [0.1, 0.15) is 0 Å². The Kier molecular flexibility index (Phi) is 5.76. The number of hydrogen-bond donors (Lipinski definition) is 1. The van der Waals surface area contributed by atoms with Crippen LogP contribution in [0.5, 0.6) is 0 Å². The standard InChI is InChI=1S/C17H27N3Si/c1-21(2,3)17-8-6-16(7-9-17)14-18-10-4-5-12-20-13-11-19-15-20/h6-9,11,13,15,18H,4-5,10,12,14H2,1-3H3. The summed E-state index contributed by atoms with van der Waals surface area (Å²) >= 11 is 0.